The van der Waals surface area contributed by atoms with Crippen molar-refractivity contribution in [2.24, 2.45) is 0 Å². The van der Waals surface area contributed by atoms with E-state index in [4.69, 9.17) is 9.47 Å². The van der Waals surface area contributed by atoms with Crippen LogP contribution in [0.1, 0.15) is 29.4 Å². The van der Waals surface area contributed by atoms with Gasteiger partial charge in [-0.2, -0.15) is 0 Å². The Bertz CT molecular complexity index is 773. The first-order valence-corrected chi connectivity index (χ1v) is 8.19. The molecule has 25 heavy (non-hydrogen) atoms. The minimum Gasteiger partial charge on any atom is -0.472 e. The van der Waals surface area contributed by atoms with Crippen molar-refractivity contribution in [2.75, 3.05) is 13.1 Å². The molecule has 1 aliphatic heterocycles. The van der Waals surface area contributed by atoms with Crippen LogP contribution in [0, 0.1) is 6.92 Å². The van der Waals surface area contributed by atoms with Crippen molar-refractivity contribution in [3.05, 3.63) is 53.7 Å². The molecule has 130 valence electrons. The van der Waals surface area contributed by atoms with Gasteiger partial charge in [-0.15, -0.1) is 0 Å². The molecule has 0 spiro atoms. The Kier molecular flexibility index (Phi) is 4.97. The van der Waals surface area contributed by atoms with Gasteiger partial charge in [-0.05, 0) is 37.3 Å². The van der Waals surface area contributed by atoms with Crippen molar-refractivity contribution in [3.8, 4) is 11.6 Å². The molecular weight excluding hydrogens is 320 g/mol. The summed E-state index contributed by atoms with van der Waals surface area (Å²) in [5.41, 5.74) is 1.46. The van der Waals surface area contributed by atoms with Gasteiger partial charge < -0.3 is 14.4 Å². The Morgan fingerprint density at radius 1 is 1.16 bits per heavy atom. The number of aryl methyl sites for hydroxylation is 1. The van der Waals surface area contributed by atoms with E-state index in [1.165, 1.54) is 6.92 Å². The molecule has 1 saturated heterocycles. The molecule has 0 radical (unpaired) electrons. The molecule has 6 heteroatoms. The van der Waals surface area contributed by atoms with Crippen molar-refractivity contribution >= 4 is 11.9 Å². The monoisotopic (exact) mass is 340 g/mol. The maximum atomic E-state index is 12.6. The van der Waals surface area contributed by atoms with Crippen LogP contribution in [0.2, 0.25) is 0 Å². The van der Waals surface area contributed by atoms with Crippen LogP contribution in [0.5, 0.6) is 11.6 Å². The van der Waals surface area contributed by atoms with Gasteiger partial charge in [-0.3, -0.25) is 9.59 Å². The number of hydrogen-bond acceptors (Lipinski definition) is 5. The fraction of sp³-hybridized carbons (Fsp3) is 0.316. The predicted octanol–water partition coefficient (Wildman–Crippen LogP) is 2.61. The lowest BCUT2D eigenvalue weighted by atomic mass is 10.2. The number of nitrogens with zero attached hydrogens (tertiary/aromatic N) is 2. The third-order valence-electron chi connectivity index (χ3n) is 3.95. The van der Waals surface area contributed by atoms with Gasteiger partial charge in [0.05, 0.1) is 6.54 Å². The lowest BCUT2D eigenvalue weighted by molar-refractivity contribution is -0.131. The fourth-order valence-corrected chi connectivity index (χ4v) is 2.78. The lowest BCUT2D eigenvalue weighted by Gasteiger charge is -2.17. The predicted molar refractivity (Wildman–Crippen MR) is 91.7 cm³/mol. The van der Waals surface area contributed by atoms with E-state index >= 15 is 0 Å². The molecule has 0 saturated carbocycles. The van der Waals surface area contributed by atoms with Crippen molar-refractivity contribution in [1.29, 1.82) is 0 Å². The molecule has 1 amide bonds. The van der Waals surface area contributed by atoms with Gasteiger partial charge in [0.25, 0.3) is 5.91 Å². The minimum atomic E-state index is -0.386. The Balaban J connectivity index is 1.59. The fourth-order valence-electron chi connectivity index (χ4n) is 2.78. The Morgan fingerprint density at radius 2 is 1.92 bits per heavy atom. The Labute approximate surface area is 146 Å². The number of esters is 1. The van der Waals surface area contributed by atoms with Crippen LogP contribution >= 0.6 is 0 Å². The maximum absolute atomic E-state index is 12.6. The van der Waals surface area contributed by atoms with Gasteiger partial charge in [0.15, 0.2) is 0 Å². The lowest BCUT2D eigenvalue weighted by Crippen LogP contribution is -2.31. The van der Waals surface area contributed by atoms with E-state index in [-0.39, 0.29) is 18.0 Å². The summed E-state index contributed by atoms with van der Waals surface area (Å²) in [4.78, 5) is 29.6. The molecule has 1 aliphatic rings. The highest BCUT2D eigenvalue weighted by molar-refractivity contribution is 5.94. The highest BCUT2D eigenvalue weighted by Gasteiger charge is 2.28. The standard InChI is InChI=1S/C19H20N2O4/c1-13-4-3-5-18(20-13)25-17-10-11-21(12-17)19(23)15-6-8-16(9-7-15)24-14(2)22/h3-9,17H,10-12H2,1-2H3/t17-/m1/s1. The van der Waals surface area contributed by atoms with Gasteiger partial charge in [0.1, 0.15) is 11.9 Å². The van der Waals surface area contributed by atoms with Gasteiger partial charge in [-0.1, -0.05) is 6.07 Å². The summed E-state index contributed by atoms with van der Waals surface area (Å²) >= 11 is 0. The molecule has 0 N–H and O–H groups in total. The normalized spacial score (nSPS) is 16.6. The van der Waals surface area contributed by atoms with Crippen molar-refractivity contribution in [2.45, 2.75) is 26.4 Å². The van der Waals surface area contributed by atoms with E-state index in [0.29, 0.717) is 30.3 Å². The van der Waals surface area contributed by atoms with Gasteiger partial charge in [0, 0.05) is 37.2 Å². The van der Waals surface area contributed by atoms with Gasteiger partial charge in [0.2, 0.25) is 5.88 Å². The molecule has 1 aromatic heterocycles. The van der Waals surface area contributed by atoms with Crippen LogP contribution in [0.4, 0.5) is 0 Å². The van der Waals surface area contributed by atoms with Crippen LogP contribution in [-0.2, 0) is 4.79 Å². The smallest absolute Gasteiger partial charge is 0.308 e. The van der Waals surface area contributed by atoms with E-state index in [1.807, 2.05) is 25.1 Å². The zero-order valence-corrected chi connectivity index (χ0v) is 14.3. The number of hydrogen-bond donors (Lipinski definition) is 0. The van der Waals surface area contributed by atoms with E-state index in [2.05, 4.69) is 4.98 Å². The number of amides is 1. The summed E-state index contributed by atoms with van der Waals surface area (Å²) in [6, 6.07) is 12.2. The van der Waals surface area contributed by atoms with Gasteiger partial charge >= 0.3 is 5.97 Å². The number of likely N-dealkylation sites (tertiary alicyclic amines) is 1. The number of aromatic nitrogens is 1. The first kappa shape index (κ1) is 17.0. The van der Waals surface area contributed by atoms with E-state index < -0.39 is 0 Å². The summed E-state index contributed by atoms with van der Waals surface area (Å²) in [6.07, 6.45) is 0.714. The number of benzene rings is 1. The number of pyridine rings is 1. The molecule has 1 atom stereocenters. The molecule has 1 fully saturated rings. The second-order valence-electron chi connectivity index (χ2n) is 6.01. The Hall–Kier alpha value is -2.89. The maximum Gasteiger partial charge on any atom is 0.308 e. The number of ether oxygens (including phenoxy) is 2. The highest BCUT2D eigenvalue weighted by Crippen LogP contribution is 2.20. The van der Waals surface area contributed by atoms with Crippen molar-refractivity contribution in [1.82, 2.24) is 9.88 Å². The molecule has 2 heterocycles. The summed E-state index contributed by atoms with van der Waals surface area (Å²) in [5.74, 6) is 0.572. The quantitative estimate of drug-likeness (QED) is 0.632. The first-order chi connectivity index (χ1) is 12.0. The molecule has 0 aliphatic carbocycles. The average molecular weight is 340 g/mol. The van der Waals surface area contributed by atoms with Crippen LogP contribution in [0.15, 0.2) is 42.5 Å². The van der Waals surface area contributed by atoms with Crippen molar-refractivity contribution in [3.63, 3.8) is 0 Å². The number of carbonyl (C=O) groups is 2. The summed E-state index contributed by atoms with van der Waals surface area (Å²) < 4.78 is 10.8. The van der Waals surface area contributed by atoms with Crippen LogP contribution in [0.25, 0.3) is 0 Å². The van der Waals surface area contributed by atoms with Crippen LogP contribution in [-0.4, -0.2) is 41.0 Å². The molecule has 3 rings (SSSR count). The zero-order valence-electron chi connectivity index (χ0n) is 14.3. The zero-order chi connectivity index (χ0) is 17.8. The largest absolute Gasteiger partial charge is 0.472 e. The first-order valence-electron chi connectivity index (χ1n) is 8.19. The molecule has 2 aromatic rings. The van der Waals surface area contributed by atoms with Gasteiger partial charge in [-0.25, -0.2) is 4.98 Å². The third-order valence-corrected chi connectivity index (χ3v) is 3.95. The van der Waals surface area contributed by atoms with Crippen molar-refractivity contribution < 1.29 is 19.1 Å². The number of carbonyl (C=O) groups excluding carboxylic acids is 2. The molecule has 6 nitrogen and oxygen atoms in total. The third kappa shape index (κ3) is 4.35. The summed E-state index contributed by atoms with van der Waals surface area (Å²) in [6.45, 7) is 4.42. The highest BCUT2D eigenvalue weighted by atomic mass is 16.5. The summed E-state index contributed by atoms with van der Waals surface area (Å²) in [5, 5.41) is 0. The topological polar surface area (TPSA) is 68.7 Å². The van der Waals surface area contributed by atoms with E-state index in [0.717, 1.165) is 12.1 Å². The molecule has 1 aromatic carbocycles. The minimum absolute atomic E-state index is 0.0569. The van der Waals surface area contributed by atoms with E-state index in [9.17, 15) is 9.59 Å². The van der Waals surface area contributed by atoms with Crippen LogP contribution in [0.3, 0.4) is 0 Å². The number of rotatable bonds is 4. The SMILES string of the molecule is CC(=O)Oc1ccc(C(=O)N2CC[C@@H](Oc3cccc(C)n3)C2)cc1. The second-order valence-corrected chi connectivity index (χ2v) is 6.01. The van der Waals surface area contributed by atoms with Crippen LogP contribution < -0.4 is 9.47 Å². The van der Waals surface area contributed by atoms with E-state index in [1.54, 1.807) is 29.2 Å². The summed E-state index contributed by atoms with van der Waals surface area (Å²) in [7, 11) is 0. The second kappa shape index (κ2) is 7.34. The molecule has 0 bridgehead atoms. The Morgan fingerprint density at radius 3 is 2.60 bits per heavy atom. The molecular formula is C19H20N2O4. The average Bonchev–Trinajstić information content (AvgIpc) is 3.03. The molecule has 0 unspecified atom stereocenters.